The minimum Gasteiger partial charge on any atom is -0.375 e. The lowest BCUT2D eigenvalue weighted by molar-refractivity contribution is 0.0919. The first-order valence-corrected chi connectivity index (χ1v) is 14.0. The summed E-state index contributed by atoms with van der Waals surface area (Å²) < 4.78 is 0. The normalized spacial score (nSPS) is 22.3. The molecule has 1 atom stereocenters. The number of nitrogens with two attached hydrogens (primary N) is 1. The third-order valence-corrected chi connectivity index (χ3v) is 8.84. The molecule has 35 heavy (non-hydrogen) atoms. The predicted molar refractivity (Wildman–Crippen MR) is 144 cm³/mol. The smallest absolute Gasteiger partial charge is 0.252 e. The number of benzene rings is 1. The Kier molecular flexibility index (Phi) is 7.63. The number of hydrogen-bond donors (Lipinski definition) is 2. The predicted octanol–water partition coefficient (Wildman–Crippen LogP) is 5.22. The summed E-state index contributed by atoms with van der Waals surface area (Å²) in [4.78, 5) is 25.8. The largest absolute Gasteiger partial charge is 0.375 e. The van der Waals surface area contributed by atoms with E-state index in [9.17, 15) is 4.79 Å². The van der Waals surface area contributed by atoms with Gasteiger partial charge in [0.25, 0.3) is 5.91 Å². The summed E-state index contributed by atoms with van der Waals surface area (Å²) in [6.07, 6.45) is 13.9. The van der Waals surface area contributed by atoms with E-state index in [-0.39, 0.29) is 11.9 Å². The van der Waals surface area contributed by atoms with Crippen molar-refractivity contribution in [2.24, 2.45) is 5.92 Å². The molecule has 1 amide bonds. The quantitative estimate of drug-likeness (QED) is 0.451. The topological polar surface area (TPSA) is 84.1 Å². The Morgan fingerprint density at radius 3 is 2.86 bits per heavy atom. The number of anilines is 1. The van der Waals surface area contributed by atoms with Crippen LogP contribution in [0.25, 0.3) is 10.8 Å². The van der Waals surface area contributed by atoms with Gasteiger partial charge in [-0.3, -0.25) is 9.78 Å². The zero-order valence-electron chi connectivity index (χ0n) is 20.7. The molecule has 1 saturated carbocycles. The van der Waals surface area contributed by atoms with Crippen LogP contribution in [0.4, 0.5) is 5.13 Å². The number of nitrogens with one attached hydrogen (secondary N) is 1. The summed E-state index contributed by atoms with van der Waals surface area (Å²) in [5, 5.41) is 6.01. The van der Waals surface area contributed by atoms with Crippen molar-refractivity contribution in [2.45, 2.75) is 76.8 Å². The second kappa shape index (κ2) is 11.0. The van der Waals surface area contributed by atoms with E-state index in [4.69, 9.17) is 5.73 Å². The zero-order valence-corrected chi connectivity index (χ0v) is 21.5. The number of nitrogen functional groups attached to an aromatic ring is 1. The van der Waals surface area contributed by atoms with Crippen molar-refractivity contribution in [1.29, 1.82) is 0 Å². The fourth-order valence-corrected chi connectivity index (χ4v) is 6.93. The van der Waals surface area contributed by atoms with Crippen LogP contribution in [0.15, 0.2) is 36.7 Å². The number of aromatic nitrogens is 2. The fourth-order valence-electron chi connectivity index (χ4n) is 5.98. The highest BCUT2D eigenvalue weighted by Crippen LogP contribution is 2.32. The van der Waals surface area contributed by atoms with Crippen LogP contribution in [0.5, 0.6) is 0 Å². The van der Waals surface area contributed by atoms with Gasteiger partial charge in [-0.1, -0.05) is 19.1 Å². The van der Waals surface area contributed by atoms with Gasteiger partial charge < -0.3 is 16.0 Å². The van der Waals surface area contributed by atoms with Crippen molar-refractivity contribution in [3.05, 3.63) is 52.8 Å². The number of carbonyl (C=O) groups excluding carboxylic acids is 1. The average molecular weight is 492 g/mol. The third kappa shape index (κ3) is 5.67. The highest BCUT2D eigenvalue weighted by atomic mass is 32.1. The molecular formula is C28H37N5OS. The highest BCUT2D eigenvalue weighted by Gasteiger charge is 2.28. The highest BCUT2D eigenvalue weighted by molar-refractivity contribution is 7.15. The van der Waals surface area contributed by atoms with Crippen LogP contribution in [0, 0.1) is 5.92 Å². The monoisotopic (exact) mass is 491 g/mol. The van der Waals surface area contributed by atoms with E-state index >= 15 is 0 Å². The Morgan fingerprint density at radius 2 is 2.03 bits per heavy atom. The zero-order chi connectivity index (χ0) is 24.2. The fraction of sp³-hybridized carbons (Fsp3) is 0.536. The molecule has 1 aromatic carbocycles. The van der Waals surface area contributed by atoms with Gasteiger partial charge in [-0.05, 0) is 94.3 Å². The summed E-state index contributed by atoms with van der Waals surface area (Å²) in [5.41, 5.74) is 7.95. The number of hydrogen-bond acceptors (Lipinski definition) is 6. The van der Waals surface area contributed by atoms with E-state index < -0.39 is 0 Å². The van der Waals surface area contributed by atoms with Crippen molar-refractivity contribution in [2.75, 3.05) is 18.8 Å². The van der Waals surface area contributed by atoms with Gasteiger partial charge in [0.15, 0.2) is 5.13 Å². The molecular weight excluding hydrogens is 454 g/mol. The van der Waals surface area contributed by atoms with Crippen LogP contribution >= 0.6 is 11.3 Å². The summed E-state index contributed by atoms with van der Waals surface area (Å²) in [7, 11) is 0. The van der Waals surface area contributed by atoms with Gasteiger partial charge >= 0.3 is 0 Å². The second-order valence-electron chi connectivity index (χ2n) is 10.2. The molecule has 0 radical (unpaired) electrons. The van der Waals surface area contributed by atoms with Gasteiger partial charge in [-0.2, -0.15) is 0 Å². The van der Waals surface area contributed by atoms with E-state index in [1.54, 1.807) is 17.5 Å². The summed E-state index contributed by atoms with van der Waals surface area (Å²) in [6.45, 7) is 4.63. The Morgan fingerprint density at radius 1 is 1.17 bits per heavy atom. The number of nitrogens with zero attached hydrogens (tertiary/aromatic N) is 3. The minimum atomic E-state index is 0.0414. The summed E-state index contributed by atoms with van der Waals surface area (Å²) in [6, 6.07) is 8.69. The van der Waals surface area contributed by atoms with Crippen molar-refractivity contribution in [3.63, 3.8) is 0 Å². The van der Waals surface area contributed by atoms with Gasteiger partial charge in [-0.25, -0.2) is 4.98 Å². The second-order valence-corrected chi connectivity index (χ2v) is 11.4. The van der Waals surface area contributed by atoms with Crippen molar-refractivity contribution < 1.29 is 4.79 Å². The lowest BCUT2D eigenvalue weighted by Gasteiger charge is -2.36. The van der Waals surface area contributed by atoms with Crippen LogP contribution < -0.4 is 11.1 Å². The molecule has 3 N–H and O–H groups in total. The molecule has 7 heteroatoms. The average Bonchev–Trinajstić information content (AvgIpc) is 3.26. The van der Waals surface area contributed by atoms with Crippen LogP contribution in [0.1, 0.15) is 72.8 Å². The Labute approximate surface area is 212 Å². The lowest BCUT2D eigenvalue weighted by atomic mass is 9.83. The molecule has 0 spiro atoms. The Balaban J connectivity index is 1.11. The van der Waals surface area contributed by atoms with Gasteiger partial charge in [0, 0.05) is 40.3 Å². The maximum Gasteiger partial charge on any atom is 0.252 e. The standard InChI is InChI=1S/C28H37N5OS/c1-2-15-33(22-10-11-25-26(17-22)35-28(29)32-25)16-13-19-6-8-21(9-7-19)31-27(34)24-5-3-4-20-18-30-14-12-23(20)24/h3-5,12,14,18-19,21-22H,2,6-11,13,15-17H2,1H3,(H2,29,32)(H,31,34)/t19?,21?,22-/m0/s1. The molecule has 2 aliphatic carbocycles. The number of aryl methyl sites for hydroxylation is 1. The first-order chi connectivity index (χ1) is 17.1. The van der Waals surface area contributed by atoms with Crippen LogP contribution in [-0.2, 0) is 12.8 Å². The first kappa shape index (κ1) is 24.2. The third-order valence-electron chi connectivity index (χ3n) is 7.89. The number of rotatable bonds is 8. The number of carbonyl (C=O) groups is 1. The first-order valence-electron chi connectivity index (χ1n) is 13.2. The number of pyridine rings is 1. The molecule has 5 rings (SSSR count). The molecule has 2 aliphatic rings. The lowest BCUT2D eigenvalue weighted by Crippen LogP contribution is -2.41. The molecule has 2 aromatic heterocycles. The summed E-state index contributed by atoms with van der Waals surface area (Å²) >= 11 is 1.68. The van der Waals surface area contributed by atoms with Gasteiger partial charge in [-0.15, -0.1) is 11.3 Å². The molecule has 0 unspecified atom stereocenters. The van der Waals surface area contributed by atoms with Gasteiger partial charge in [0.05, 0.1) is 5.69 Å². The molecule has 3 aromatic rings. The number of thiazole rings is 1. The molecule has 1 fully saturated rings. The molecule has 2 heterocycles. The van der Waals surface area contributed by atoms with Gasteiger partial charge in [0.1, 0.15) is 0 Å². The van der Waals surface area contributed by atoms with E-state index in [0.29, 0.717) is 6.04 Å². The van der Waals surface area contributed by atoms with Gasteiger partial charge in [0.2, 0.25) is 0 Å². The molecule has 6 nitrogen and oxygen atoms in total. The minimum absolute atomic E-state index is 0.0414. The van der Waals surface area contributed by atoms with Crippen LogP contribution in [0.3, 0.4) is 0 Å². The number of fused-ring (bicyclic) bond motifs is 2. The Hall–Kier alpha value is -2.51. The number of amides is 1. The summed E-state index contributed by atoms with van der Waals surface area (Å²) in [5.74, 6) is 0.795. The van der Waals surface area contributed by atoms with E-state index in [1.165, 1.54) is 55.8 Å². The SMILES string of the molecule is CCCN(CCC1CCC(NC(=O)c2cccc3cnccc23)CC1)[C@H]1CCc2nc(N)sc2C1. The molecule has 0 saturated heterocycles. The van der Waals surface area contributed by atoms with E-state index in [0.717, 1.165) is 53.1 Å². The van der Waals surface area contributed by atoms with Crippen LogP contribution in [0.2, 0.25) is 0 Å². The van der Waals surface area contributed by atoms with E-state index in [1.807, 2.05) is 30.5 Å². The Bertz CT molecular complexity index is 1150. The maximum atomic E-state index is 13.0. The van der Waals surface area contributed by atoms with Crippen molar-refractivity contribution in [3.8, 4) is 0 Å². The molecule has 0 bridgehead atoms. The molecule has 0 aliphatic heterocycles. The van der Waals surface area contributed by atoms with Crippen molar-refractivity contribution >= 4 is 33.1 Å². The van der Waals surface area contributed by atoms with E-state index in [2.05, 4.69) is 27.1 Å². The molecule has 186 valence electrons. The van der Waals surface area contributed by atoms with Crippen molar-refractivity contribution in [1.82, 2.24) is 20.2 Å². The van der Waals surface area contributed by atoms with Crippen LogP contribution in [-0.4, -0.2) is 45.9 Å². The maximum absolute atomic E-state index is 13.0.